The molecular formula is C15H17F3N2O3. The van der Waals surface area contributed by atoms with Crippen LogP contribution in [-0.4, -0.2) is 16.6 Å². The molecule has 1 aromatic heterocycles. The van der Waals surface area contributed by atoms with Crippen molar-refractivity contribution < 1.29 is 17.9 Å². The summed E-state index contributed by atoms with van der Waals surface area (Å²) in [6.45, 7) is 3.88. The fourth-order valence-electron chi connectivity index (χ4n) is 2.43. The van der Waals surface area contributed by atoms with Crippen LogP contribution in [0, 0.1) is 0 Å². The molecule has 0 amide bonds. The van der Waals surface area contributed by atoms with Gasteiger partial charge in [-0.05, 0) is 30.5 Å². The monoisotopic (exact) mass is 330 g/mol. The number of fused-ring (bicyclic) bond motifs is 1. The molecule has 1 aromatic carbocycles. The summed E-state index contributed by atoms with van der Waals surface area (Å²) >= 11 is 0. The molecule has 1 heterocycles. The van der Waals surface area contributed by atoms with E-state index in [2.05, 4.69) is 4.98 Å². The van der Waals surface area contributed by atoms with E-state index in [0.717, 1.165) is 12.1 Å². The van der Waals surface area contributed by atoms with E-state index in [-0.39, 0.29) is 16.5 Å². The molecule has 0 bridgehead atoms. The second-order valence-corrected chi connectivity index (χ2v) is 5.16. The molecule has 0 aliphatic rings. The van der Waals surface area contributed by atoms with Crippen molar-refractivity contribution in [3.05, 3.63) is 44.1 Å². The highest BCUT2D eigenvalue weighted by atomic mass is 19.4. The summed E-state index contributed by atoms with van der Waals surface area (Å²) in [5.74, 6) is 0. The van der Waals surface area contributed by atoms with Crippen molar-refractivity contribution in [3.8, 4) is 0 Å². The highest BCUT2D eigenvalue weighted by Crippen LogP contribution is 2.38. The van der Waals surface area contributed by atoms with Crippen LogP contribution >= 0.6 is 0 Å². The van der Waals surface area contributed by atoms with Crippen LogP contribution in [-0.2, 0) is 10.9 Å². The van der Waals surface area contributed by atoms with Crippen molar-refractivity contribution in [1.82, 2.24) is 9.97 Å². The molecule has 0 saturated heterocycles. The number of nitrogens with one attached hydrogen (secondary N) is 2. The van der Waals surface area contributed by atoms with E-state index < -0.39 is 29.1 Å². The zero-order valence-corrected chi connectivity index (χ0v) is 12.7. The maximum atomic E-state index is 13.4. The number of hydrogen-bond acceptors (Lipinski definition) is 3. The van der Waals surface area contributed by atoms with Gasteiger partial charge in [-0.1, -0.05) is 13.8 Å². The molecule has 23 heavy (non-hydrogen) atoms. The summed E-state index contributed by atoms with van der Waals surface area (Å²) in [5, 5.41) is -0.00820. The number of halogens is 3. The van der Waals surface area contributed by atoms with E-state index in [1.165, 1.54) is 0 Å². The second-order valence-electron chi connectivity index (χ2n) is 5.16. The maximum Gasteiger partial charge on any atom is 0.416 e. The highest BCUT2D eigenvalue weighted by Gasteiger charge is 2.36. The minimum Gasteiger partial charge on any atom is -0.374 e. The van der Waals surface area contributed by atoms with Crippen LogP contribution in [0.15, 0.2) is 21.7 Å². The lowest BCUT2D eigenvalue weighted by atomic mass is 9.97. The van der Waals surface area contributed by atoms with Gasteiger partial charge < -0.3 is 9.72 Å². The largest absolute Gasteiger partial charge is 0.416 e. The molecule has 2 N–H and O–H groups in total. The van der Waals surface area contributed by atoms with Crippen molar-refractivity contribution in [3.63, 3.8) is 0 Å². The molecule has 0 fully saturated rings. The number of aromatic nitrogens is 2. The normalized spacial score (nSPS) is 13.4. The minimum absolute atomic E-state index is 0.00820. The smallest absolute Gasteiger partial charge is 0.374 e. The minimum atomic E-state index is -4.62. The van der Waals surface area contributed by atoms with E-state index in [9.17, 15) is 22.8 Å². The van der Waals surface area contributed by atoms with Crippen molar-refractivity contribution in [2.75, 3.05) is 6.61 Å². The molecule has 2 aromatic rings. The lowest BCUT2D eigenvalue weighted by molar-refractivity contribution is -0.139. The summed E-state index contributed by atoms with van der Waals surface area (Å²) in [4.78, 5) is 27.3. The van der Waals surface area contributed by atoms with Crippen LogP contribution in [0.3, 0.4) is 0 Å². The summed E-state index contributed by atoms with van der Waals surface area (Å²) in [6, 6.07) is 1.94. The SMILES string of the molecule is CCCOC(CC)c1cc2c(=O)[nH]c(=O)[nH]c2cc1C(F)(F)F. The first-order valence-electron chi connectivity index (χ1n) is 7.27. The Kier molecular flexibility index (Phi) is 4.93. The summed E-state index contributed by atoms with van der Waals surface area (Å²) in [6.07, 6.45) is -4.40. The molecule has 0 radical (unpaired) electrons. The van der Waals surface area contributed by atoms with Crippen molar-refractivity contribution in [2.24, 2.45) is 0 Å². The lowest BCUT2D eigenvalue weighted by Gasteiger charge is -2.21. The van der Waals surface area contributed by atoms with Gasteiger partial charge in [-0.2, -0.15) is 13.2 Å². The van der Waals surface area contributed by atoms with Gasteiger partial charge in [0.15, 0.2) is 0 Å². The summed E-state index contributed by atoms with van der Waals surface area (Å²) in [7, 11) is 0. The van der Waals surface area contributed by atoms with E-state index >= 15 is 0 Å². The fourth-order valence-corrected chi connectivity index (χ4v) is 2.43. The van der Waals surface area contributed by atoms with Crippen LogP contribution in [0.1, 0.15) is 43.9 Å². The summed E-state index contributed by atoms with van der Waals surface area (Å²) in [5.41, 5.74) is -2.74. The average Bonchev–Trinajstić information content (AvgIpc) is 2.46. The number of benzene rings is 1. The first kappa shape index (κ1) is 17.3. The van der Waals surface area contributed by atoms with Gasteiger partial charge >= 0.3 is 11.9 Å². The van der Waals surface area contributed by atoms with Crippen molar-refractivity contribution in [2.45, 2.75) is 39.0 Å². The Morgan fingerprint density at radius 1 is 1.17 bits per heavy atom. The maximum absolute atomic E-state index is 13.4. The molecule has 2 rings (SSSR count). The highest BCUT2D eigenvalue weighted by molar-refractivity contribution is 5.79. The van der Waals surface area contributed by atoms with E-state index in [4.69, 9.17) is 4.74 Å². The number of H-pyrrole nitrogens is 2. The average molecular weight is 330 g/mol. The van der Waals surface area contributed by atoms with Crippen molar-refractivity contribution >= 4 is 10.9 Å². The molecule has 0 aliphatic heterocycles. The number of aromatic amines is 2. The van der Waals surface area contributed by atoms with Crippen LogP contribution in [0.5, 0.6) is 0 Å². The van der Waals surface area contributed by atoms with Crippen molar-refractivity contribution in [1.29, 1.82) is 0 Å². The number of hydrogen-bond donors (Lipinski definition) is 2. The predicted octanol–water partition coefficient (Wildman–Crippen LogP) is 3.11. The Labute approximate surface area is 129 Å². The molecular weight excluding hydrogens is 313 g/mol. The summed E-state index contributed by atoms with van der Waals surface area (Å²) < 4.78 is 45.6. The van der Waals surface area contributed by atoms with Gasteiger partial charge in [-0.25, -0.2) is 4.79 Å². The Hall–Kier alpha value is -2.09. The Morgan fingerprint density at radius 3 is 2.43 bits per heavy atom. The third-order valence-electron chi connectivity index (χ3n) is 3.46. The third-order valence-corrected chi connectivity index (χ3v) is 3.46. The molecule has 0 saturated carbocycles. The standard InChI is InChI=1S/C15H17F3N2O3/c1-3-5-23-12(4-2)8-6-9-11(7-10(8)15(16,17)18)19-14(22)20-13(9)21/h6-7,12H,3-5H2,1-2H3,(H2,19,20,21,22). The molecule has 5 nitrogen and oxygen atoms in total. The first-order valence-corrected chi connectivity index (χ1v) is 7.27. The van der Waals surface area contributed by atoms with Gasteiger partial charge in [-0.3, -0.25) is 9.78 Å². The lowest BCUT2D eigenvalue weighted by Crippen LogP contribution is -2.23. The van der Waals surface area contributed by atoms with Gasteiger partial charge in [0.2, 0.25) is 0 Å². The second kappa shape index (κ2) is 6.57. The number of ether oxygens (including phenoxy) is 1. The molecule has 1 unspecified atom stereocenters. The van der Waals surface area contributed by atoms with Crippen LogP contribution in [0.2, 0.25) is 0 Å². The molecule has 0 aliphatic carbocycles. The Balaban J connectivity index is 2.74. The number of rotatable bonds is 5. The van der Waals surface area contributed by atoms with Gasteiger partial charge in [0.25, 0.3) is 5.56 Å². The molecule has 126 valence electrons. The quantitative estimate of drug-likeness (QED) is 0.884. The first-order chi connectivity index (χ1) is 10.8. The molecule has 1 atom stereocenters. The van der Waals surface area contributed by atoms with Gasteiger partial charge in [-0.15, -0.1) is 0 Å². The van der Waals surface area contributed by atoms with E-state index in [1.807, 2.05) is 11.9 Å². The van der Waals surface area contributed by atoms with Crippen LogP contribution in [0.25, 0.3) is 10.9 Å². The van der Waals surface area contributed by atoms with Crippen LogP contribution < -0.4 is 11.2 Å². The van der Waals surface area contributed by atoms with Crippen LogP contribution in [0.4, 0.5) is 13.2 Å². The van der Waals surface area contributed by atoms with Gasteiger partial charge in [0, 0.05) is 6.61 Å². The third kappa shape index (κ3) is 3.64. The fraction of sp³-hybridized carbons (Fsp3) is 0.467. The predicted molar refractivity (Wildman–Crippen MR) is 79.5 cm³/mol. The zero-order valence-electron chi connectivity index (χ0n) is 12.7. The zero-order chi connectivity index (χ0) is 17.2. The molecule has 8 heteroatoms. The Morgan fingerprint density at radius 2 is 1.87 bits per heavy atom. The number of alkyl halides is 3. The topological polar surface area (TPSA) is 75.0 Å². The van der Waals surface area contributed by atoms with E-state index in [1.54, 1.807) is 6.92 Å². The molecule has 0 spiro atoms. The van der Waals surface area contributed by atoms with Gasteiger partial charge in [0.05, 0.1) is 22.6 Å². The van der Waals surface area contributed by atoms with E-state index in [0.29, 0.717) is 19.4 Å². The Bertz CT molecular complexity index is 808. The van der Waals surface area contributed by atoms with Gasteiger partial charge in [0.1, 0.15) is 0 Å².